The van der Waals surface area contributed by atoms with E-state index in [1.165, 1.54) is 6.26 Å². The Kier molecular flexibility index (Phi) is 3.23. The molecule has 0 amide bonds. The van der Waals surface area contributed by atoms with Crippen LogP contribution in [0.3, 0.4) is 0 Å². The van der Waals surface area contributed by atoms with Crippen LogP contribution in [0.5, 0.6) is 0 Å². The number of nitrogens with two attached hydrogens (primary N) is 1. The van der Waals surface area contributed by atoms with Crippen molar-refractivity contribution in [3.05, 3.63) is 42.5 Å². The molecule has 5 nitrogen and oxygen atoms in total. The van der Waals surface area contributed by atoms with E-state index in [0.29, 0.717) is 4.90 Å². The molecule has 0 aliphatic rings. The molecule has 2 aromatic rings. The molecule has 0 radical (unpaired) electrons. The van der Waals surface area contributed by atoms with Crippen molar-refractivity contribution < 1.29 is 8.42 Å². The van der Waals surface area contributed by atoms with Gasteiger partial charge in [-0.05, 0) is 31.2 Å². The standard InChI is InChI=1S/C12H15N3O2S/c1-9(13)12-7-14-8-15(12)10-3-5-11(6-4-10)18(2,16)17/h3-9H,13H2,1-2H3. The van der Waals surface area contributed by atoms with Gasteiger partial charge in [0, 0.05) is 18.0 Å². The van der Waals surface area contributed by atoms with Crippen molar-refractivity contribution in [2.75, 3.05) is 6.26 Å². The molecule has 1 unspecified atom stereocenters. The minimum Gasteiger partial charge on any atom is -0.323 e. The fourth-order valence-corrected chi connectivity index (χ4v) is 2.34. The van der Waals surface area contributed by atoms with Crippen LogP contribution in [-0.4, -0.2) is 24.2 Å². The Balaban J connectivity index is 2.44. The van der Waals surface area contributed by atoms with Gasteiger partial charge in [0.05, 0.1) is 23.1 Å². The summed E-state index contributed by atoms with van der Waals surface area (Å²) in [6.07, 6.45) is 4.55. The van der Waals surface area contributed by atoms with Crippen molar-refractivity contribution >= 4 is 9.84 Å². The second-order valence-electron chi connectivity index (χ2n) is 4.24. The molecule has 1 atom stereocenters. The van der Waals surface area contributed by atoms with E-state index in [9.17, 15) is 8.42 Å². The molecule has 1 aromatic carbocycles. The molecule has 0 fully saturated rings. The fraction of sp³-hybridized carbons (Fsp3) is 0.250. The van der Waals surface area contributed by atoms with Crippen molar-refractivity contribution in [1.29, 1.82) is 0 Å². The second-order valence-corrected chi connectivity index (χ2v) is 6.26. The molecule has 0 saturated carbocycles. The first-order chi connectivity index (χ1) is 8.39. The van der Waals surface area contributed by atoms with E-state index in [0.717, 1.165) is 11.4 Å². The van der Waals surface area contributed by atoms with Gasteiger partial charge < -0.3 is 10.3 Å². The number of rotatable bonds is 3. The van der Waals surface area contributed by atoms with Crippen LogP contribution in [0.25, 0.3) is 5.69 Å². The summed E-state index contributed by atoms with van der Waals surface area (Å²) in [6, 6.07) is 6.50. The van der Waals surface area contributed by atoms with Gasteiger partial charge in [-0.2, -0.15) is 0 Å². The van der Waals surface area contributed by atoms with Crippen LogP contribution >= 0.6 is 0 Å². The number of nitrogens with zero attached hydrogens (tertiary/aromatic N) is 2. The number of imidazole rings is 1. The first-order valence-corrected chi connectivity index (χ1v) is 7.37. The van der Waals surface area contributed by atoms with Crippen LogP contribution in [0.15, 0.2) is 41.7 Å². The Hall–Kier alpha value is -1.66. The normalized spacial score (nSPS) is 13.5. The second kappa shape index (κ2) is 4.55. The highest BCUT2D eigenvalue weighted by Crippen LogP contribution is 2.18. The number of hydrogen-bond acceptors (Lipinski definition) is 4. The maximum absolute atomic E-state index is 11.4. The van der Waals surface area contributed by atoms with Crippen molar-refractivity contribution in [1.82, 2.24) is 9.55 Å². The van der Waals surface area contributed by atoms with Gasteiger partial charge in [-0.1, -0.05) is 0 Å². The Morgan fingerprint density at radius 2 is 1.89 bits per heavy atom. The summed E-state index contributed by atoms with van der Waals surface area (Å²) < 4.78 is 24.6. The minimum absolute atomic E-state index is 0.137. The molecule has 96 valence electrons. The average molecular weight is 265 g/mol. The third-order valence-corrected chi connectivity index (χ3v) is 3.81. The van der Waals surface area contributed by atoms with Crippen molar-refractivity contribution in [3.63, 3.8) is 0 Å². The zero-order valence-electron chi connectivity index (χ0n) is 10.2. The van der Waals surface area contributed by atoms with E-state index < -0.39 is 9.84 Å². The maximum Gasteiger partial charge on any atom is 0.175 e. The van der Waals surface area contributed by atoms with E-state index in [1.54, 1.807) is 36.8 Å². The SMILES string of the molecule is CC(N)c1cncn1-c1ccc(S(C)(=O)=O)cc1. The fourth-order valence-electron chi connectivity index (χ4n) is 1.71. The summed E-state index contributed by atoms with van der Waals surface area (Å²) in [7, 11) is -3.16. The lowest BCUT2D eigenvalue weighted by molar-refractivity contribution is 0.602. The summed E-state index contributed by atoms with van der Waals surface area (Å²) in [4.78, 5) is 4.36. The smallest absolute Gasteiger partial charge is 0.175 e. The number of sulfone groups is 1. The van der Waals surface area contributed by atoms with Gasteiger partial charge in [0.25, 0.3) is 0 Å². The monoisotopic (exact) mass is 265 g/mol. The van der Waals surface area contributed by atoms with Crippen LogP contribution in [0.4, 0.5) is 0 Å². The van der Waals surface area contributed by atoms with Crippen LogP contribution in [0.2, 0.25) is 0 Å². The third-order valence-electron chi connectivity index (χ3n) is 2.68. The average Bonchev–Trinajstić information content (AvgIpc) is 2.77. The van der Waals surface area contributed by atoms with Gasteiger partial charge in [-0.3, -0.25) is 0 Å². The van der Waals surface area contributed by atoms with Crippen molar-refractivity contribution in [2.24, 2.45) is 5.73 Å². The predicted octanol–water partition coefficient (Wildman–Crippen LogP) is 1.30. The molecule has 0 spiro atoms. The predicted molar refractivity (Wildman–Crippen MR) is 69.3 cm³/mol. The highest BCUT2D eigenvalue weighted by atomic mass is 32.2. The summed E-state index contributed by atoms with van der Waals surface area (Å²) in [5, 5.41) is 0. The number of benzene rings is 1. The maximum atomic E-state index is 11.4. The molecule has 0 saturated heterocycles. The van der Waals surface area contributed by atoms with Gasteiger partial charge >= 0.3 is 0 Å². The zero-order chi connectivity index (χ0) is 13.3. The van der Waals surface area contributed by atoms with Gasteiger partial charge in [0.1, 0.15) is 0 Å². The molecule has 2 N–H and O–H groups in total. The minimum atomic E-state index is -3.16. The molecule has 2 rings (SSSR count). The first-order valence-electron chi connectivity index (χ1n) is 5.48. The molecule has 1 aromatic heterocycles. The van der Waals surface area contributed by atoms with E-state index in [1.807, 2.05) is 11.5 Å². The van der Waals surface area contributed by atoms with Crippen molar-refractivity contribution in [3.8, 4) is 5.69 Å². The summed E-state index contributed by atoms with van der Waals surface area (Å²) >= 11 is 0. The number of hydrogen-bond donors (Lipinski definition) is 1. The zero-order valence-corrected chi connectivity index (χ0v) is 11.1. The van der Waals surface area contributed by atoms with E-state index in [4.69, 9.17) is 5.73 Å². The lowest BCUT2D eigenvalue weighted by Gasteiger charge is -2.11. The van der Waals surface area contributed by atoms with Crippen LogP contribution in [0.1, 0.15) is 18.7 Å². The molecule has 0 aliphatic carbocycles. The molecule has 6 heteroatoms. The van der Waals surface area contributed by atoms with Crippen LogP contribution in [0, 0.1) is 0 Å². The highest BCUT2D eigenvalue weighted by Gasteiger charge is 2.10. The van der Waals surface area contributed by atoms with Crippen molar-refractivity contribution in [2.45, 2.75) is 17.9 Å². The lowest BCUT2D eigenvalue weighted by Crippen LogP contribution is -2.10. The Bertz CT molecular complexity index is 642. The largest absolute Gasteiger partial charge is 0.323 e. The Labute approximate surface area is 106 Å². The topological polar surface area (TPSA) is 78.0 Å². The van der Waals surface area contributed by atoms with Gasteiger partial charge in [0.15, 0.2) is 9.84 Å². The molecular weight excluding hydrogens is 250 g/mol. The Morgan fingerprint density at radius 1 is 1.28 bits per heavy atom. The number of aromatic nitrogens is 2. The first kappa shape index (κ1) is 12.8. The lowest BCUT2D eigenvalue weighted by atomic mass is 10.2. The van der Waals surface area contributed by atoms with E-state index in [2.05, 4.69) is 4.98 Å². The van der Waals surface area contributed by atoms with E-state index >= 15 is 0 Å². The quantitative estimate of drug-likeness (QED) is 0.907. The molecule has 18 heavy (non-hydrogen) atoms. The third kappa shape index (κ3) is 2.44. The van der Waals surface area contributed by atoms with E-state index in [-0.39, 0.29) is 6.04 Å². The molecule has 0 bridgehead atoms. The summed E-state index contributed by atoms with van der Waals surface area (Å²) in [5.41, 5.74) is 7.56. The highest BCUT2D eigenvalue weighted by molar-refractivity contribution is 7.90. The molecule has 1 heterocycles. The van der Waals surface area contributed by atoms with Crippen LogP contribution < -0.4 is 5.73 Å². The van der Waals surface area contributed by atoms with Crippen LogP contribution in [-0.2, 0) is 9.84 Å². The van der Waals surface area contributed by atoms with Gasteiger partial charge in [-0.25, -0.2) is 13.4 Å². The Morgan fingerprint density at radius 3 is 2.39 bits per heavy atom. The molecule has 0 aliphatic heterocycles. The van der Waals surface area contributed by atoms with Gasteiger partial charge in [-0.15, -0.1) is 0 Å². The molecular formula is C12H15N3O2S. The summed E-state index contributed by atoms with van der Waals surface area (Å²) in [5.74, 6) is 0. The summed E-state index contributed by atoms with van der Waals surface area (Å²) in [6.45, 7) is 1.87. The van der Waals surface area contributed by atoms with Gasteiger partial charge in [0.2, 0.25) is 0 Å².